The van der Waals surface area contributed by atoms with Crippen LogP contribution in [0.15, 0.2) is 30.3 Å². The third-order valence-electron chi connectivity index (χ3n) is 3.59. The molecular weight excluding hydrogens is 330 g/mol. The molecule has 6 nitrogen and oxygen atoms in total. The van der Waals surface area contributed by atoms with Crippen molar-refractivity contribution < 1.29 is 22.1 Å². The van der Waals surface area contributed by atoms with Gasteiger partial charge in [-0.15, -0.1) is 0 Å². The fraction of sp³-hybridized carbons (Fsp3) is 0.588. The highest BCUT2D eigenvalue weighted by atomic mass is 32.2. The zero-order valence-electron chi connectivity index (χ0n) is 15.0. The molecule has 0 spiro atoms. The van der Waals surface area contributed by atoms with Crippen molar-refractivity contribution >= 4 is 16.1 Å². The van der Waals surface area contributed by atoms with Crippen LogP contribution in [0.4, 0.5) is 0 Å². The summed E-state index contributed by atoms with van der Waals surface area (Å²) in [6.07, 6.45) is 2.36. The minimum atomic E-state index is -3.87. The summed E-state index contributed by atoms with van der Waals surface area (Å²) in [5.74, 6) is -2.25. The molecule has 7 heteroatoms. The molecule has 1 aromatic carbocycles. The summed E-state index contributed by atoms with van der Waals surface area (Å²) < 4.78 is 34.5. The Kier molecular flexibility index (Phi) is 6.95. The summed E-state index contributed by atoms with van der Waals surface area (Å²) in [5, 5.41) is 2.85. The molecule has 0 amide bonds. The van der Waals surface area contributed by atoms with Gasteiger partial charge in [-0.05, 0) is 27.3 Å². The molecule has 0 aliphatic rings. The fourth-order valence-corrected chi connectivity index (χ4v) is 3.15. The molecule has 1 atom stereocenters. The van der Waals surface area contributed by atoms with Gasteiger partial charge < -0.3 is 10.1 Å². The maximum atomic E-state index is 12.7. The van der Waals surface area contributed by atoms with Gasteiger partial charge in [-0.3, -0.25) is 4.79 Å². The summed E-state index contributed by atoms with van der Waals surface area (Å²) in [5.41, 5.74) is -0.297. The summed E-state index contributed by atoms with van der Waals surface area (Å²) in [7, 11) is -2.24. The molecule has 1 unspecified atom stereocenters. The van der Waals surface area contributed by atoms with E-state index >= 15 is 0 Å². The Morgan fingerprint density at radius 1 is 1.21 bits per heavy atom. The summed E-state index contributed by atoms with van der Waals surface area (Å²) in [6.45, 7) is 5.51. The van der Waals surface area contributed by atoms with Crippen LogP contribution in [-0.2, 0) is 29.6 Å². The first-order valence-electron chi connectivity index (χ1n) is 7.90. The van der Waals surface area contributed by atoms with Crippen LogP contribution in [0, 0.1) is 5.41 Å². The normalized spacial score (nSPS) is 14.9. The SMILES string of the molecule is CCCC(C)(C)C(=O)OC(CNC)(OS(C)(=O)=O)c1ccccc1. The van der Waals surface area contributed by atoms with Gasteiger partial charge in [-0.1, -0.05) is 43.7 Å². The van der Waals surface area contributed by atoms with Crippen LogP contribution in [0.5, 0.6) is 0 Å². The van der Waals surface area contributed by atoms with Crippen LogP contribution in [0.2, 0.25) is 0 Å². The minimum absolute atomic E-state index is 0.00196. The number of benzene rings is 1. The lowest BCUT2D eigenvalue weighted by atomic mass is 9.88. The second-order valence-electron chi connectivity index (χ2n) is 6.46. The largest absolute Gasteiger partial charge is 0.425 e. The molecule has 1 aromatic rings. The number of hydrogen-bond acceptors (Lipinski definition) is 6. The summed E-state index contributed by atoms with van der Waals surface area (Å²) >= 11 is 0. The molecule has 0 bridgehead atoms. The van der Waals surface area contributed by atoms with Gasteiger partial charge in [0.2, 0.25) is 0 Å². The van der Waals surface area contributed by atoms with E-state index in [0.29, 0.717) is 12.0 Å². The summed E-state index contributed by atoms with van der Waals surface area (Å²) in [6, 6.07) is 8.59. The average Bonchev–Trinajstić information content (AvgIpc) is 2.46. The van der Waals surface area contributed by atoms with Gasteiger partial charge in [0, 0.05) is 5.56 Å². The molecule has 0 fully saturated rings. The van der Waals surface area contributed by atoms with Gasteiger partial charge in [0.05, 0.1) is 18.2 Å². The Morgan fingerprint density at radius 2 is 1.79 bits per heavy atom. The molecular formula is C17H27NO5S. The van der Waals surface area contributed by atoms with E-state index < -0.39 is 27.3 Å². The Labute approximate surface area is 144 Å². The Morgan fingerprint density at radius 3 is 2.25 bits per heavy atom. The van der Waals surface area contributed by atoms with Crippen molar-refractivity contribution in [3.8, 4) is 0 Å². The van der Waals surface area contributed by atoms with E-state index in [1.165, 1.54) is 0 Å². The third-order valence-corrected chi connectivity index (χ3v) is 4.17. The molecule has 0 saturated heterocycles. The van der Waals surface area contributed by atoms with Gasteiger partial charge in [0.1, 0.15) is 0 Å². The fourth-order valence-electron chi connectivity index (χ4n) is 2.48. The lowest BCUT2D eigenvalue weighted by Crippen LogP contribution is -2.47. The topological polar surface area (TPSA) is 81.7 Å². The van der Waals surface area contributed by atoms with Crippen molar-refractivity contribution in [2.45, 2.75) is 39.4 Å². The molecule has 0 saturated carbocycles. The van der Waals surface area contributed by atoms with Crippen molar-refractivity contribution in [3.63, 3.8) is 0 Å². The lowest BCUT2D eigenvalue weighted by Gasteiger charge is -2.35. The molecule has 0 aliphatic carbocycles. The lowest BCUT2D eigenvalue weighted by molar-refractivity contribution is -0.209. The highest BCUT2D eigenvalue weighted by Crippen LogP contribution is 2.33. The van der Waals surface area contributed by atoms with E-state index in [2.05, 4.69) is 5.32 Å². The first-order valence-corrected chi connectivity index (χ1v) is 9.72. The molecule has 0 aromatic heterocycles. The Hall–Kier alpha value is -1.44. The predicted octanol–water partition coefficient (Wildman–Crippen LogP) is 2.40. The highest BCUT2D eigenvalue weighted by molar-refractivity contribution is 7.86. The zero-order chi connectivity index (χ0) is 18.4. The van der Waals surface area contributed by atoms with Crippen LogP contribution in [0.1, 0.15) is 39.2 Å². The second-order valence-corrected chi connectivity index (χ2v) is 8.04. The van der Waals surface area contributed by atoms with E-state index in [-0.39, 0.29) is 6.54 Å². The number of likely N-dealkylation sites (N-methyl/N-ethyl adjacent to an activating group) is 1. The monoisotopic (exact) mass is 357 g/mol. The number of esters is 1. The first kappa shape index (κ1) is 20.6. The predicted molar refractivity (Wildman–Crippen MR) is 92.8 cm³/mol. The summed E-state index contributed by atoms with van der Waals surface area (Å²) in [4.78, 5) is 12.7. The van der Waals surface area contributed by atoms with Crippen LogP contribution in [-0.4, -0.2) is 34.2 Å². The van der Waals surface area contributed by atoms with Crippen LogP contribution >= 0.6 is 0 Å². The smallest absolute Gasteiger partial charge is 0.314 e. The van der Waals surface area contributed by atoms with E-state index in [1.54, 1.807) is 51.2 Å². The number of ether oxygens (including phenoxy) is 1. The maximum absolute atomic E-state index is 12.7. The number of carbonyl (C=O) groups excluding carboxylic acids is 1. The molecule has 0 heterocycles. The van der Waals surface area contributed by atoms with E-state index in [1.807, 2.05) is 6.92 Å². The van der Waals surface area contributed by atoms with Crippen molar-refractivity contribution in [2.24, 2.45) is 5.41 Å². The minimum Gasteiger partial charge on any atom is -0.425 e. The number of nitrogens with one attached hydrogen (secondary N) is 1. The number of hydrogen-bond donors (Lipinski definition) is 1. The van der Waals surface area contributed by atoms with Crippen molar-refractivity contribution in [2.75, 3.05) is 19.8 Å². The van der Waals surface area contributed by atoms with Gasteiger partial charge in [-0.2, -0.15) is 8.42 Å². The third kappa shape index (κ3) is 5.58. The number of rotatable bonds is 9. The Balaban J connectivity index is 3.33. The second kappa shape index (κ2) is 8.09. The molecule has 0 radical (unpaired) electrons. The van der Waals surface area contributed by atoms with Crippen molar-refractivity contribution in [1.29, 1.82) is 0 Å². The average molecular weight is 357 g/mol. The molecule has 1 rings (SSSR count). The molecule has 136 valence electrons. The van der Waals surface area contributed by atoms with E-state index in [4.69, 9.17) is 8.92 Å². The molecule has 0 aliphatic heterocycles. The van der Waals surface area contributed by atoms with Gasteiger partial charge in [0.15, 0.2) is 0 Å². The van der Waals surface area contributed by atoms with E-state index in [9.17, 15) is 13.2 Å². The highest BCUT2D eigenvalue weighted by Gasteiger charge is 2.44. The Bertz CT molecular complexity index is 642. The van der Waals surface area contributed by atoms with Crippen LogP contribution in [0.3, 0.4) is 0 Å². The van der Waals surface area contributed by atoms with Crippen molar-refractivity contribution in [3.05, 3.63) is 35.9 Å². The van der Waals surface area contributed by atoms with Crippen LogP contribution in [0.25, 0.3) is 0 Å². The number of carbonyl (C=O) groups is 1. The van der Waals surface area contributed by atoms with Crippen molar-refractivity contribution in [1.82, 2.24) is 5.32 Å². The van der Waals surface area contributed by atoms with Crippen LogP contribution < -0.4 is 5.32 Å². The quantitative estimate of drug-likeness (QED) is 0.415. The standard InChI is InChI=1S/C17H27NO5S/c1-6-12-16(2,3)15(19)22-17(13-18-4,23-24(5,20)21)14-10-8-7-9-11-14/h7-11,18H,6,12-13H2,1-5H3. The molecule has 1 N–H and O–H groups in total. The van der Waals surface area contributed by atoms with Gasteiger partial charge >= 0.3 is 5.97 Å². The van der Waals surface area contributed by atoms with Gasteiger partial charge in [0.25, 0.3) is 15.9 Å². The zero-order valence-corrected chi connectivity index (χ0v) is 15.8. The molecule has 24 heavy (non-hydrogen) atoms. The maximum Gasteiger partial charge on any atom is 0.314 e. The van der Waals surface area contributed by atoms with Gasteiger partial charge in [-0.25, -0.2) is 4.18 Å². The van der Waals surface area contributed by atoms with E-state index in [0.717, 1.165) is 12.7 Å². The first-order chi connectivity index (χ1) is 11.1.